The number of fused-ring (bicyclic) bond motifs is 1. The molecule has 0 bridgehead atoms. The van der Waals surface area contributed by atoms with Gasteiger partial charge >= 0.3 is 0 Å². The number of nitrogens with one attached hydrogen (secondary N) is 1. The predicted octanol–water partition coefficient (Wildman–Crippen LogP) is 4.61. The maximum atomic E-state index is 5.27. The highest BCUT2D eigenvalue weighted by Crippen LogP contribution is 2.22. The zero-order chi connectivity index (χ0) is 16.1. The molecule has 0 saturated heterocycles. The van der Waals surface area contributed by atoms with Gasteiger partial charge in [-0.15, -0.1) is 0 Å². The third-order valence-corrected chi connectivity index (χ3v) is 3.85. The molecule has 0 amide bonds. The minimum absolute atomic E-state index is 0.632. The summed E-state index contributed by atoms with van der Waals surface area (Å²) in [6, 6.07) is 20.9. The lowest BCUT2D eigenvalue weighted by atomic mass is 10.1. The zero-order valence-corrected chi connectivity index (χ0v) is 13.5. The Balaban J connectivity index is 1.73. The summed E-state index contributed by atoms with van der Waals surface area (Å²) in [5.41, 5.74) is 3.53. The number of benzene rings is 3. The fraction of sp³-hybridized carbons (Fsp3) is 0.200. The molecule has 0 aliphatic rings. The van der Waals surface area contributed by atoms with Crippen molar-refractivity contribution < 1.29 is 9.47 Å². The number of anilines is 1. The van der Waals surface area contributed by atoms with E-state index in [1.54, 1.807) is 14.2 Å². The summed E-state index contributed by atoms with van der Waals surface area (Å²) >= 11 is 0. The molecule has 118 valence electrons. The van der Waals surface area contributed by atoms with Gasteiger partial charge in [0.25, 0.3) is 0 Å². The minimum Gasteiger partial charge on any atom is -0.497 e. The molecule has 1 N–H and O–H groups in total. The van der Waals surface area contributed by atoms with Crippen LogP contribution >= 0.6 is 0 Å². The standard InChI is InChI=1S/C20H21NO2/c1-22-14-16-4-3-5-19(11-16)21-13-15-6-7-18-12-20(23-2)9-8-17(18)10-15/h3-12,21H,13-14H2,1-2H3. The Hall–Kier alpha value is -2.52. The number of hydrogen-bond donors (Lipinski definition) is 1. The first-order chi connectivity index (χ1) is 11.3. The van der Waals surface area contributed by atoms with Gasteiger partial charge in [-0.2, -0.15) is 0 Å². The molecule has 0 heterocycles. The van der Waals surface area contributed by atoms with Crippen molar-refractivity contribution in [1.82, 2.24) is 0 Å². The van der Waals surface area contributed by atoms with Gasteiger partial charge in [-0.05, 0) is 52.2 Å². The van der Waals surface area contributed by atoms with Crippen LogP contribution in [0.5, 0.6) is 5.75 Å². The zero-order valence-electron chi connectivity index (χ0n) is 13.5. The molecule has 0 saturated carbocycles. The highest BCUT2D eigenvalue weighted by Gasteiger charge is 2.00. The summed E-state index contributed by atoms with van der Waals surface area (Å²) in [6.45, 7) is 1.42. The summed E-state index contributed by atoms with van der Waals surface area (Å²) in [5.74, 6) is 0.887. The summed E-state index contributed by atoms with van der Waals surface area (Å²) in [6.07, 6.45) is 0. The lowest BCUT2D eigenvalue weighted by Crippen LogP contribution is -2.00. The van der Waals surface area contributed by atoms with E-state index in [0.717, 1.165) is 18.0 Å². The van der Waals surface area contributed by atoms with E-state index in [0.29, 0.717) is 6.61 Å². The molecule has 23 heavy (non-hydrogen) atoms. The SMILES string of the molecule is COCc1cccc(NCc2ccc3cc(OC)ccc3c2)c1. The Morgan fingerprint density at radius 3 is 2.48 bits per heavy atom. The smallest absolute Gasteiger partial charge is 0.119 e. The quantitative estimate of drug-likeness (QED) is 0.721. The normalized spacial score (nSPS) is 10.7. The summed E-state index contributed by atoms with van der Waals surface area (Å²) in [4.78, 5) is 0. The third-order valence-electron chi connectivity index (χ3n) is 3.85. The van der Waals surface area contributed by atoms with E-state index in [2.05, 4.69) is 53.8 Å². The van der Waals surface area contributed by atoms with Gasteiger partial charge in [0.2, 0.25) is 0 Å². The van der Waals surface area contributed by atoms with E-state index < -0.39 is 0 Å². The molecule has 3 heteroatoms. The monoisotopic (exact) mass is 307 g/mol. The topological polar surface area (TPSA) is 30.5 Å². The molecule has 3 aromatic carbocycles. The second kappa shape index (κ2) is 7.16. The van der Waals surface area contributed by atoms with Crippen LogP contribution in [-0.2, 0) is 17.9 Å². The van der Waals surface area contributed by atoms with Crippen molar-refractivity contribution in [2.75, 3.05) is 19.5 Å². The highest BCUT2D eigenvalue weighted by atomic mass is 16.5. The highest BCUT2D eigenvalue weighted by molar-refractivity contribution is 5.84. The second-order valence-electron chi connectivity index (χ2n) is 5.53. The molecule has 0 radical (unpaired) electrons. The van der Waals surface area contributed by atoms with Crippen molar-refractivity contribution in [3.63, 3.8) is 0 Å². The lowest BCUT2D eigenvalue weighted by molar-refractivity contribution is 0.185. The van der Waals surface area contributed by atoms with Gasteiger partial charge in [0.05, 0.1) is 13.7 Å². The predicted molar refractivity (Wildman–Crippen MR) is 95.0 cm³/mol. The van der Waals surface area contributed by atoms with Gasteiger partial charge in [0.15, 0.2) is 0 Å². The lowest BCUT2D eigenvalue weighted by Gasteiger charge is -2.10. The van der Waals surface area contributed by atoms with Crippen LogP contribution < -0.4 is 10.1 Å². The van der Waals surface area contributed by atoms with Crippen LogP contribution in [0.15, 0.2) is 60.7 Å². The van der Waals surface area contributed by atoms with Crippen LogP contribution in [0, 0.1) is 0 Å². The largest absolute Gasteiger partial charge is 0.497 e. The van der Waals surface area contributed by atoms with E-state index in [1.165, 1.54) is 21.9 Å². The molecule has 0 spiro atoms. The van der Waals surface area contributed by atoms with Gasteiger partial charge in [-0.3, -0.25) is 0 Å². The summed E-state index contributed by atoms with van der Waals surface area (Å²) < 4.78 is 10.4. The fourth-order valence-corrected chi connectivity index (χ4v) is 2.65. The Morgan fingerprint density at radius 1 is 0.826 bits per heavy atom. The van der Waals surface area contributed by atoms with Crippen LogP contribution in [0.3, 0.4) is 0 Å². The van der Waals surface area contributed by atoms with Crippen molar-refractivity contribution in [3.05, 3.63) is 71.8 Å². The fourth-order valence-electron chi connectivity index (χ4n) is 2.65. The average molecular weight is 307 g/mol. The molecule has 3 rings (SSSR count). The van der Waals surface area contributed by atoms with E-state index in [-0.39, 0.29) is 0 Å². The molecule has 0 atom stereocenters. The van der Waals surface area contributed by atoms with Crippen molar-refractivity contribution in [3.8, 4) is 5.75 Å². The van der Waals surface area contributed by atoms with Crippen LogP contribution in [0.1, 0.15) is 11.1 Å². The van der Waals surface area contributed by atoms with Crippen LogP contribution in [0.25, 0.3) is 10.8 Å². The molecular weight excluding hydrogens is 286 g/mol. The first-order valence-corrected chi connectivity index (χ1v) is 7.67. The van der Waals surface area contributed by atoms with E-state index in [9.17, 15) is 0 Å². The second-order valence-corrected chi connectivity index (χ2v) is 5.53. The number of ether oxygens (including phenoxy) is 2. The average Bonchev–Trinajstić information content (AvgIpc) is 2.60. The molecule has 0 aliphatic carbocycles. The van der Waals surface area contributed by atoms with Crippen molar-refractivity contribution in [2.24, 2.45) is 0 Å². The van der Waals surface area contributed by atoms with Crippen molar-refractivity contribution >= 4 is 16.5 Å². The van der Waals surface area contributed by atoms with Gasteiger partial charge in [-0.25, -0.2) is 0 Å². The summed E-state index contributed by atoms with van der Waals surface area (Å²) in [7, 11) is 3.40. The van der Waals surface area contributed by atoms with Crippen LogP contribution in [-0.4, -0.2) is 14.2 Å². The van der Waals surface area contributed by atoms with Crippen molar-refractivity contribution in [1.29, 1.82) is 0 Å². The van der Waals surface area contributed by atoms with Crippen LogP contribution in [0.2, 0.25) is 0 Å². The molecule has 0 fully saturated rings. The van der Waals surface area contributed by atoms with Gasteiger partial charge in [-0.1, -0.05) is 30.3 Å². The Bertz CT molecular complexity index is 799. The molecule has 3 nitrogen and oxygen atoms in total. The number of hydrogen-bond acceptors (Lipinski definition) is 3. The van der Waals surface area contributed by atoms with Gasteiger partial charge in [0, 0.05) is 19.3 Å². The maximum Gasteiger partial charge on any atom is 0.119 e. The number of methoxy groups -OCH3 is 2. The molecule has 0 aromatic heterocycles. The van der Waals surface area contributed by atoms with Gasteiger partial charge < -0.3 is 14.8 Å². The maximum absolute atomic E-state index is 5.27. The summed E-state index contributed by atoms with van der Waals surface area (Å²) in [5, 5.41) is 5.88. The molecular formula is C20H21NO2. The van der Waals surface area contributed by atoms with Gasteiger partial charge in [0.1, 0.15) is 5.75 Å². The minimum atomic E-state index is 0.632. The van der Waals surface area contributed by atoms with E-state index in [4.69, 9.17) is 9.47 Å². The Morgan fingerprint density at radius 2 is 1.65 bits per heavy atom. The van der Waals surface area contributed by atoms with Crippen molar-refractivity contribution in [2.45, 2.75) is 13.2 Å². The van der Waals surface area contributed by atoms with E-state index in [1.807, 2.05) is 12.1 Å². The molecule has 0 aliphatic heterocycles. The number of rotatable bonds is 6. The Labute approximate surface area is 136 Å². The van der Waals surface area contributed by atoms with E-state index >= 15 is 0 Å². The third kappa shape index (κ3) is 3.82. The Kier molecular flexibility index (Phi) is 4.79. The molecule has 3 aromatic rings. The molecule has 0 unspecified atom stereocenters. The first kappa shape index (κ1) is 15.4. The first-order valence-electron chi connectivity index (χ1n) is 7.67. The van der Waals surface area contributed by atoms with Crippen LogP contribution in [0.4, 0.5) is 5.69 Å².